The highest BCUT2D eigenvalue weighted by atomic mass is 16.5. The zero-order chi connectivity index (χ0) is 15.7. The van der Waals surface area contributed by atoms with Gasteiger partial charge < -0.3 is 14.2 Å². The predicted octanol–water partition coefficient (Wildman–Crippen LogP) is 1.02. The summed E-state index contributed by atoms with van der Waals surface area (Å²) in [4.78, 5) is 20.8. The summed E-state index contributed by atoms with van der Waals surface area (Å²) in [5, 5.41) is 4.07. The molecule has 1 aromatic heterocycles. The molecule has 122 valence electrons. The van der Waals surface area contributed by atoms with Gasteiger partial charge in [0.15, 0.2) is 5.82 Å². The van der Waals surface area contributed by atoms with Crippen LogP contribution >= 0.6 is 0 Å². The first kappa shape index (κ1) is 15.4. The highest BCUT2D eigenvalue weighted by molar-refractivity contribution is 5.80. The summed E-state index contributed by atoms with van der Waals surface area (Å²) in [6.07, 6.45) is 0.455. The Morgan fingerprint density at radius 3 is 2.64 bits per heavy atom. The van der Waals surface area contributed by atoms with E-state index < -0.39 is 0 Å². The fourth-order valence-corrected chi connectivity index (χ4v) is 2.98. The molecule has 22 heavy (non-hydrogen) atoms. The molecule has 0 bridgehead atoms. The van der Waals surface area contributed by atoms with Crippen molar-refractivity contribution < 1.29 is 14.1 Å². The zero-order valence-electron chi connectivity index (χ0n) is 13.5. The molecule has 2 saturated heterocycles. The van der Waals surface area contributed by atoms with E-state index >= 15 is 0 Å². The average Bonchev–Trinajstić information content (AvgIpc) is 3.06. The molecule has 2 fully saturated rings. The normalized spacial score (nSPS) is 24.2. The van der Waals surface area contributed by atoms with E-state index in [4.69, 9.17) is 9.26 Å². The Kier molecular flexibility index (Phi) is 4.18. The van der Waals surface area contributed by atoms with E-state index in [1.807, 2.05) is 25.7 Å². The van der Waals surface area contributed by atoms with E-state index in [-0.39, 0.29) is 17.4 Å². The van der Waals surface area contributed by atoms with Crippen LogP contribution in [0, 0.1) is 0 Å². The van der Waals surface area contributed by atoms with Gasteiger partial charge in [-0.3, -0.25) is 9.69 Å². The number of amides is 1. The minimum Gasteiger partial charge on any atom is -0.379 e. The first-order chi connectivity index (χ1) is 10.4. The van der Waals surface area contributed by atoms with E-state index in [0.717, 1.165) is 26.3 Å². The van der Waals surface area contributed by atoms with Gasteiger partial charge in [-0.15, -0.1) is 0 Å². The minimum absolute atomic E-state index is 0.0117. The summed E-state index contributed by atoms with van der Waals surface area (Å²) in [6, 6.07) is 0. The molecule has 3 heterocycles. The summed E-state index contributed by atoms with van der Waals surface area (Å²) in [5.74, 6) is 1.45. The largest absolute Gasteiger partial charge is 0.379 e. The number of likely N-dealkylation sites (tertiary alicyclic amines) is 1. The van der Waals surface area contributed by atoms with E-state index in [0.29, 0.717) is 31.2 Å². The fraction of sp³-hybridized carbons (Fsp3) is 0.800. The van der Waals surface area contributed by atoms with Crippen molar-refractivity contribution >= 4 is 5.91 Å². The third kappa shape index (κ3) is 3.30. The predicted molar refractivity (Wildman–Crippen MR) is 79.2 cm³/mol. The van der Waals surface area contributed by atoms with E-state index in [9.17, 15) is 4.79 Å². The Labute approximate surface area is 130 Å². The Morgan fingerprint density at radius 2 is 2.00 bits per heavy atom. The SMILES string of the molecule is CC(C)(C)N1C[C@@H](c2nc(CN3CCOCC3)no2)CC1=O. The van der Waals surface area contributed by atoms with Gasteiger partial charge in [-0.1, -0.05) is 5.16 Å². The maximum Gasteiger partial charge on any atom is 0.232 e. The molecule has 2 aliphatic heterocycles. The van der Waals surface area contributed by atoms with Gasteiger partial charge >= 0.3 is 0 Å². The molecule has 0 aromatic carbocycles. The lowest BCUT2D eigenvalue weighted by molar-refractivity contribution is -0.131. The van der Waals surface area contributed by atoms with Crippen molar-refractivity contribution in [2.24, 2.45) is 0 Å². The molecule has 7 heteroatoms. The van der Waals surface area contributed by atoms with Gasteiger partial charge in [0.05, 0.1) is 25.7 Å². The molecule has 1 amide bonds. The van der Waals surface area contributed by atoms with Crippen molar-refractivity contribution in [2.75, 3.05) is 32.8 Å². The number of ether oxygens (including phenoxy) is 1. The number of aromatic nitrogens is 2. The Bertz CT molecular complexity index is 531. The van der Waals surface area contributed by atoms with Crippen molar-refractivity contribution in [3.05, 3.63) is 11.7 Å². The number of carbonyl (C=O) groups excluding carboxylic acids is 1. The second-order valence-corrected chi connectivity index (χ2v) is 7.01. The van der Waals surface area contributed by atoms with Crippen LogP contribution in [-0.4, -0.2) is 64.2 Å². The molecule has 0 spiro atoms. The van der Waals surface area contributed by atoms with Gasteiger partial charge in [-0.05, 0) is 20.8 Å². The van der Waals surface area contributed by atoms with Crippen LogP contribution in [0.3, 0.4) is 0 Å². The third-order valence-electron chi connectivity index (χ3n) is 4.24. The molecule has 0 unspecified atom stereocenters. The molecular formula is C15H24N4O3. The lowest BCUT2D eigenvalue weighted by Crippen LogP contribution is -2.42. The summed E-state index contributed by atoms with van der Waals surface area (Å²) in [7, 11) is 0. The standard InChI is InChI=1S/C15H24N4O3/c1-15(2,3)19-9-11(8-13(19)20)14-16-12(17-22-14)10-18-4-6-21-7-5-18/h11H,4-10H2,1-3H3/t11-/m0/s1. The van der Waals surface area contributed by atoms with Crippen LogP contribution < -0.4 is 0 Å². The summed E-state index contributed by atoms with van der Waals surface area (Å²) in [6.45, 7) is 10.8. The lowest BCUT2D eigenvalue weighted by atomic mass is 10.1. The molecule has 3 rings (SSSR count). The maximum atomic E-state index is 12.1. The van der Waals surface area contributed by atoms with Crippen LogP contribution in [0.2, 0.25) is 0 Å². The van der Waals surface area contributed by atoms with Crippen molar-refractivity contribution in [1.29, 1.82) is 0 Å². The van der Waals surface area contributed by atoms with Crippen LogP contribution in [0.1, 0.15) is 44.8 Å². The molecule has 0 aliphatic carbocycles. The van der Waals surface area contributed by atoms with Gasteiger partial charge in [0.25, 0.3) is 0 Å². The maximum absolute atomic E-state index is 12.1. The Balaban J connectivity index is 1.63. The van der Waals surface area contributed by atoms with Crippen molar-refractivity contribution in [3.8, 4) is 0 Å². The van der Waals surface area contributed by atoms with Crippen molar-refractivity contribution in [3.63, 3.8) is 0 Å². The quantitative estimate of drug-likeness (QED) is 0.830. The van der Waals surface area contributed by atoms with Gasteiger partial charge in [0.1, 0.15) is 0 Å². The molecule has 1 aromatic rings. The molecule has 7 nitrogen and oxygen atoms in total. The Hall–Kier alpha value is -1.47. The van der Waals surface area contributed by atoms with E-state index in [1.54, 1.807) is 0 Å². The third-order valence-corrected chi connectivity index (χ3v) is 4.24. The van der Waals surface area contributed by atoms with Crippen LogP contribution in [-0.2, 0) is 16.1 Å². The second-order valence-electron chi connectivity index (χ2n) is 7.01. The van der Waals surface area contributed by atoms with Gasteiger partial charge in [-0.2, -0.15) is 4.98 Å². The molecular weight excluding hydrogens is 284 g/mol. The number of morpholine rings is 1. The zero-order valence-corrected chi connectivity index (χ0v) is 13.5. The number of hydrogen-bond acceptors (Lipinski definition) is 6. The molecule has 0 saturated carbocycles. The van der Waals surface area contributed by atoms with E-state index in [2.05, 4.69) is 15.0 Å². The minimum atomic E-state index is -0.164. The molecule has 2 aliphatic rings. The monoisotopic (exact) mass is 308 g/mol. The molecule has 0 N–H and O–H groups in total. The summed E-state index contributed by atoms with van der Waals surface area (Å²) in [5.41, 5.74) is -0.164. The van der Waals surface area contributed by atoms with Crippen molar-refractivity contribution in [1.82, 2.24) is 19.9 Å². The highest BCUT2D eigenvalue weighted by Gasteiger charge is 2.39. The number of carbonyl (C=O) groups is 1. The summed E-state index contributed by atoms with van der Waals surface area (Å²) < 4.78 is 10.7. The first-order valence-electron chi connectivity index (χ1n) is 7.86. The van der Waals surface area contributed by atoms with Crippen molar-refractivity contribution in [2.45, 2.75) is 45.2 Å². The summed E-state index contributed by atoms with van der Waals surface area (Å²) >= 11 is 0. The van der Waals surface area contributed by atoms with Gasteiger partial charge in [-0.25, -0.2) is 0 Å². The lowest BCUT2D eigenvalue weighted by Gasteiger charge is -2.31. The highest BCUT2D eigenvalue weighted by Crippen LogP contribution is 2.31. The van der Waals surface area contributed by atoms with Gasteiger partial charge in [0, 0.05) is 31.6 Å². The first-order valence-corrected chi connectivity index (χ1v) is 7.86. The smallest absolute Gasteiger partial charge is 0.232 e. The van der Waals surface area contributed by atoms with Crippen LogP contribution in [0.5, 0.6) is 0 Å². The number of nitrogens with zero attached hydrogens (tertiary/aromatic N) is 4. The topological polar surface area (TPSA) is 71.7 Å². The van der Waals surface area contributed by atoms with Crippen LogP contribution in [0.15, 0.2) is 4.52 Å². The van der Waals surface area contributed by atoms with Crippen LogP contribution in [0.4, 0.5) is 0 Å². The molecule has 1 atom stereocenters. The number of rotatable bonds is 3. The van der Waals surface area contributed by atoms with Crippen LogP contribution in [0.25, 0.3) is 0 Å². The van der Waals surface area contributed by atoms with E-state index in [1.165, 1.54) is 0 Å². The average molecular weight is 308 g/mol. The Morgan fingerprint density at radius 1 is 1.27 bits per heavy atom. The van der Waals surface area contributed by atoms with Gasteiger partial charge in [0.2, 0.25) is 11.8 Å². The number of hydrogen-bond donors (Lipinski definition) is 0. The second kappa shape index (κ2) is 5.96. The fourth-order valence-electron chi connectivity index (χ4n) is 2.98. The molecule has 0 radical (unpaired) electrons.